The smallest absolute Gasteiger partial charge is 0.296 e. The van der Waals surface area contributed by atoms with Gasteiger partial charge in [0.15, 0.2) is 11.5 Å². The average molecular weight is 461 g/mol. The predicted octanol–water partition coefficient (Wildman–Crippen LogP) is 4.44. The average Bonchev–Trinajstić information content (AvgIpc) is 3.50. The Morgan fingerprint density at radius 1 is 1.12 bits per heavy atom. The van der Waals surface area contributed by atoms with Crippen molar-refractivity contribution in [2.75, 3.05) is 23.9 Å². The van der Waals surface area contributed by atoms with Gasteiger partial charge in [0.05, 0.1) is 11.6 Å². The molecule has 0 fully saturated rings. The molecule has 9 heteroatoms. The first-order valence-electron chi connectivity index (χ1n) is 10.2. The first-order valence-corrected chi connectivity index (χ1v) is 11.0. The van der Waals surface area contributed by atoms with Gasteiger partial charge in [0, 0.05) is 25.2 Å². The Labute approximate surface area is 193 Å². The minimum Gasteiger partial charge on any atom is -0.503 e. The van der Waals surface area contributed by atoms with E-state index in [1.54, 1.807) is 19.1 Å². The van der Waals surface area contributed by atoms with E-state index in [4.69, 9.17) is 4.42 Å². The van der Waals surface area contributed by atoms with Gasteiger partial charge in [-0.1, -0.05) is 41.7 Å². The maximum absolute atomic E-state index is 13.6. The summed E-state index contributed by atoms with van der Waals surface area (Å²) in [5.74, 6) is -1.82. The molecule has 1 aliphatic rings. The Morgan fingerprint density at radius 3 is 2.48 bits per heavy atom. The van der Waals surface area contributed by atoms with Crippen LogP contribution in [0.4, 0.5) is 10.8 Å². The summed E-state index contributed by atoms with van der Waals surface area (Å²) < 4.78 is 5.75. The molecule has 0 saturated heterocycles. The number of nitrogens with zero attached hydrogens (tertiary/aromatic N) is 4. The molecule has 33 heavy (non-hydrogen) atoms. The van der Waals surface area contributed by atoms with Gasteiger partial charge in [-0.25, -0.2) is 0 Å². The van der Waals surface area contributed by atoms with Gasteiger partial charge in [0.2, 0.25) is 10.9 Å². The zero-order valence-electron chi connectivity index (χ0n) is 18.1. The molecule has 1 aliphatic heterocycles. The van der Waals surface area contributed by atoms with Crippen molar-refractivity contribution in [2.24, 2.45) is 0 Å². The van der Waals surface area contributed by atoms with Crippen LogP contribution in [0.2, 0.25) is 0 Å². The third-order valence-corrected chi connectivity index (χ3v) is 6.39. The molecule has 0 spiro atoms. The summed E-state index contributed by atoms with van der Waals surface area (Å²) in [5, 5.41) is 20.7. The third kappa shape index (κ3) is 3.46. The van der Waals surface area contributed by atoms with Gasteiger partial charge >= 0.3 is 0 Å². The van der Waals surface area contributed by atoms with E-state index < -0.39 is 23.5 Å². The van der Waals surface area contributed by atoms with Crippen LogP contribution in [0.1, 0.15) is 27.2 Å². The highest BCUT2D eigenvalue weighted by Crippen LogP contribution is 2.43. The Kier molecular flexibility index (Phi) is 4.98. The molecule has 166 valence electrons. The topological polar surface area (TPSA) is 99.8 Å². The van der Waals surface area contributed by atoms with E-state index in [0.717, 1.165) is 11.1 Å². The summed E-state index contributed by atoms with van der Waals surface area (Å²) in [6, 6.07) is 15.4. The Balaban J connectivity index is 1.64. The number of furan rings is 1. The van der Waals surface area contributed by atoms with Crippen molar-refractivity contribution in [3.8, 4) is 0 Å². The molecule has 0 bridgehead atoms. The fourth-order valence-electron chi connectivity index (χ4n) is 3.91. The molecule has 0 saturated carbocycles. The quantitative estimate of drug-likeness (QED) is 0.440. The van der Waals surface area contributed by atoms with Crippen LogP contribution in [0.3, 0.4) is 0 Å². The molecule has 2 aromatic carbocycles. The second kappa shape index (κ2) is 7.86. The van der Waals surface area contributed by atoms with Crippen molar-refractivity contribution in [3.63, 3.8) is 0 Å². The van der Waals surface area contributed by atoms with Gasteiger partial charge in [-0.15, -0.1) is 10.2 Å². The second-order valence-electron chi connectivity index (χ2n) is 7.91. The van der Waals surface area contributed by atoms with Gasteiger partial charge in [0.1, 0.15) is 10.6 Å². The molecule has 0 radical (unpaired) electrons. The maximum atomic E-state index is 13.6. The van der Waals surface area contributed by atoms with Crippen LogP contribution in [-0.4, -0.2) is 41.1 Å². The number of fused-ring (bicyclic) bond motifs is 1. The van der Waals surface area contributed by atoms with Crippen molar-refractivity contribution >= 4 is 44.8 Å². The number of benzene rings is 2. The van der Waals surface area contributed by atoms with Gasteiger partial charge in [-0.2, -0.15) is 0 Å². The summed E-state index contributed by atoms with van der Waals surface area (Å²) in [6.45, 7) is 1.77. The number of carbonyl (C=O) groups is 2. The molecule has 0 aliphatic carbocycles. The number of hydrogen-bond acceptors (Lipinski definition) is 8. The number of carbonyl (C=O) groups excluding carboxylic acids is 2. The lowest BCUT2D eigenvalue weighted by molar-refractivity contribution is -0.117. The van der Waals surface area contributed by atoms with Crippen molar-refractivity contribution in [1.29, 1.82) is 0 Å². The number of aliphatic hydroxyl groups is 1. The fraction of sp³-hybridized carbons (Fsp3) is 0.167. The van der Waals surface area contributed by atoms with E-state index in [-0.39, 0.29) is 11.3 Å². The molecule has 2 aromatic heterocycles. The summed E-state index contributed by atoms with van der Waals surface area (Å²) in [4.78, 5) is 30.0. The largest absolute Gasteiger partial charge is 0.503 e. The summed E-state index contributed by atoms with van der Waals surface area (Å²) in [6.07, 6.45) is 0. The first-order chi connectivity index (χ1) is 15.8. The minimum atomic E-state index is -0.873. The van der Waals surface area contributed by atoms with Crippen molar-refractivity contribution in [3.05, 3.63) is 82.3 Å². The molecular weight excluding hydrogens is 440 g/mol. The maximum Gasteiger partial charge on any atom is 0.296 e. The number of anilines is 2. The van der Waals surface area contributed by atoms with Crippen LogP contribution in [-0.2, 0) is 4.79 Å². The van der Waals surface area contributed by atoms with Crippen LogP contribution in [0.25, 0.3) is 11.0 Å². The van der Waals surface area contributed by atoms with Crippen molar-refractivity contribution < 1.29 is 19.1 Å². The highest BCUT2D eigenvalue weighted by Gasteiger charge is 2.46. The van der Waals surface area contributed by atoms with Gasteiger partial charge in [-0.05, 0) is 36.8 Å². The van der Waals surface area contributed by atoms with E-state index >= 15 is 0 Å². The lowest BCUT2D eigenvalue weighted by Gasteiger charge is -2.24. The number of hydrogen-bond donors (Lipinski definition) is 1. The lowest BCUT2D eigenvalue weighted by atomic mass is 9.95. The molecule has 5 rings (SSSR count). The molecule has 8 nitrogen and oxygen atoms in total. The predicted molar refractivity (Wildman–Crippen MR) is 126 cm³/mol. The highest BCUT2D eigenvalue weighted by molar-refractivity contribution is 7.15. The number of aryl methyl sites for hydroxylation is 1. The zero-order valence-corrected chi connectivity index (χ0v) is 19.0. The standard InChI is InChI=1S/C24H20N4O4S/c1-13-25-26-24(33-13)28-20(14-8-10-16(11-9-14)27(2)3)19(22(30)23(28)31)21(29)18-12-15-6-4-5-7-17(15)32-18/h4-12,20,30H,1-3H3. The summed E-state index contributed by atoms with van der Waals surface area (Å²) in [7, 11) is 3.85. The SMILES string of the molecule is Cc1nnc(N2C(=O)C(O)=C(C(=O)c3cc4ccccc4o3)C2c2ccc(N(C)C)cc2)s1. The first kappa shape index (κ1) is 20.9. The monoisotopic (exact) mass is 460 g/mol. The molecular formula is C24H20N4O4S. The highest BCUT2D eigenvalue weighted by atomic mass is 32.1. The Hall–Kier alpha value is -3.98. The van der Waals surface area contributed by atoms with Crippen LogP contribution >= 0.6 is 11.3 Å². The van der Waals surface area contributed by atoms with Crippen molar-refractivity contribution in [2.45, 2.75) is 13.0 Å². The normalized spacial score (nSPS) is 16.2. The summed E-state index contributed by atoms with van der Waals surface area (Å²) >= 11 is 1.21. The number of amides is 1. The van der Waals surface area contributed by atoms with E-state index in [1.165, 1.54) is 16.2 Å². The van der Waals surface area contributed by atoms with E-state index in [2.05, 4.69) is 10.2 Å². The number of para-hydroxylation sites is 1. The van der Waals surface area contributed by atoms with Gasteiger partial charge < -0.3 is 14.4 Å². The molecule has 3 heterocycles. The van der Waals surface area contributed by atoms with Gasteiger partial charge in [0.25, 0.3) is 5.91 Å². The van der Waals surface area contributed by atoms with Crippen LogP contribution < -0.4 is 9.80 Å². The number of Topliss-reactive ketones (excluding diaryl/α,β-unsaturated/α-hetero) is 1. The molecule has 1 unspecified atom stereocenters. The van der Waals surface area contributed by atoms with E-state index in [1.807, 2.05) is 61.5 Å². The lowest BCUT2D eigenvalue weighted by Crippen LogP contribution is -2.31. The van der Waals surface area contributed by atoms with E-state index in [9.17, 15) is 14.7 Å². The van der Waals surface area contributed by atoms with Gasteiger partial charge in [-0.3, -0.25) is 14.5 Å². The molecule has 1 amide bonds. The van der Waals surface area contributed by atoms with E-state index in [0.29, 0.717) is 21.3 Å². The number of rotatable bonds is 5. The van der Waals surface area contributed by atoms with Crippen LogP contribution in [0.5, 0.6) is 0 Å². The number of ketones is 1. The summed E-state index contributed by atoms with van der Waals surface area (Å²) in [5.41, 5.74) is 2.11. The van der Waals surface area contributed by atoms with Crippen LogP contribution in [0.15, 0.2) is 70.3 Å². The number of aliphatic hydroxyl groups excluding tert-OH is 1. The molecule has 4 aromatic rings. The zero-order chi connectivity index (χ0) is 23.3. The number of aromatic nitrogens is 2. The molecule has 1 atom stereocenters. The minimum absolute atomic E-state index is 0.0514. The molecule has 1 N–H and O–H groups in total. The van der Waals surface area contributed by atoms with Crippen molar-refractivity contribution in [1.82, 2.24) is 10.2 Å². The third-order valence-electron chi connectivity index (χ3n) is 5.55. The second-order valence-corrected chi connectivity index (χ2v) is 9.07. The fourth-order valence-corrected chi connectivity index (χ4v) is 4.63. The Bertz CT molecular complexity index is 1380. The Morgan fingerprint density at radius 2 is 1.85 bits per heavy atom. The van der Waals surface area contributed by atoms with Crippen LogP contribution in [0, 0.1) is 6.92 Å².